The Morgan fingerprint density at radius 2 is 2.00 bits per heavy atom. The van der Waals surface area contributed by atoms with Crippen LogP contribution in [-0.2, 0) is 11.5 Å². The molecule has 0 unspecified atom stereocenters. The molecule has 0 aliphatic rings. The summed E-state index contributed by atoms with van der Waals surface area (Å²) >= 11 is 3.35. The first kappa shape index (κ1) is 13.1. The molecular weight excluding hydrogens is 309 g/mol. The van der Waals surface area contributed by atoms with Crippen LogP contribution < -0.4 is 0 Å². The molecule has 0 atom stereocenters. The Kier molecular flexibility index (Phi) is 3.47. The number of halogens is 4. The van der Waals surface area contributed by atoms with Gasteiger partial charge in [-0.2, -0.15) is 18.3 Å². The summed E-state index contributed by atoms with van der Waals surface area (Å²) in [6, 6.07) is 6.39. The third-order valence-corrected chi connectivity index (χ3v) is 3.22. The van der Waals surface area contributed by atoms with Crippen molar-refractivity contribution < 1.29 is 13.2 Å². The number of alkyl halides is 4. The molecule has 1 aromatic carbocycles. The summed E-state index contributed by atoms with van der Waals surface area (Å²) in [5.41, 5.74) is 1.84. The van der Waals surface area contributed by atoms with Gasteiger partial charge in [-0.15, -0.1) is 0 Å². The van der Waals surface area contributed by atoms with E-state index in [4.69, 9.17) is 0 Å². The number of hydrogen-bond donors (Lipinski definition) is 0. The predicted octanol–water partition coefficient (Wildman–Crippen LogP) is 4.09. The van der Waals surface area contributed by atoms with Crippen molar-refractivity contribution in [3.8, 4) is 5.69 Å². The summed E-state index contributed by atoms with van der Waals surface area (Å²) in [5.74, 6) is 0. The fourth-order valence-electron chi connectivity index (χ4n) is 1.59. The first-order chi connectivity index (χ1) is 8.41. The maximum Gasteiger partial charge on any atom is 0.435 e. The van der Waals surface area contributed by atoms with Gasteiger partial charge in [0.1, 0.15) is 0 Å². The molecule has 0 saturated carbocycles. The van der Waals surface area contributed by atoms with Crippen LogP contribution in [0, 0.1) is 6.92 Å². The van der Waals surface area contributed by atoms with E-state index in [2.05, 4.69) is 21.0 Å². The minimum Gasteiger partial charge on any atom is -0.240 e. The van der Waals surface area contributed by atoms with Crippen molar-refractivity contribution in [2.45, 2.75) is 18.4 Å². The highest BCUT2D eigenvalue weighted by Crippen LogP contribution is 2.28. The highest BCUT2D eigenvalue weighted by atomic mass is 79.9. The summed E-state index contributed by atoms with van der Waals surface area (Å²) < 4.78 is 38.5. The van der Waals surface area contributed by atoms with Gasteiger partial charge in [-0.05, 0) is 36.2 Å². The molecule has 2 rings (SSSR count). The SMILES string of the molecule is Cc1cc(-n2ccc(C(F)(F)F)n2)ccc1CBr. The average molecular weight is 319 g/mol. The standard InChI is InChI=1S/C12H10BrF3N2/c1-8-6-10(3-2-9(8)7-13)18-5-4-11(17-18)12(14,15)16/h2-6H,7H2,1H3. The molecule has 0 aliphatic heterocycles. The fourth-order valence-corrected chi connectivity index (χ4v) is 2.22. The van der Waals surface area contributed by atoms with Crippen molar-refractivity contribution in [1.29, 1.82) is 0 Å². The van der Waals surface area contributed by atoms with E-state index >= 15 is 0 Å². The minimum atomic E-state index is -4.41. The average Bonchev–Trinajstić information content (AvgIpc) is 2.77. The van der Waals surface area contributed by atoms with Crippen molar-refractivity contribution in [3.63, 3.8) is 0 Å². The summed E-state index contributed by atoms with van der Waals surface area (Å²) in [6.45, 7) is 1.91. The number of benzene rings is 1. The molecule has 1 heterocycles. The second-order valence-electron chi connectivity index (χ2n) is 3.89. The fraction of sp³-hybridized carbons (Fsp3) is 0.250. The van der Waals surface area contributed by atoms with Gasteiger partial charge in [0.05, 0.1) is 5.69 Å². The summed E-state index contributed by atoms with van der Waals surface area (Å²) in [4.78, 5) is 0. The molecule has 0 N–H and O–H groups in total. The molecule has 0 spiro atoms. The minimum absolute atomic E-state index is 0.618. The molecule has 2 aromatic rings. The third kappa shape index (κ3) is 2.58. The lowest BCUT2D eigenvalue weighted by Gasteiger charge is -2.07. The zero-order valence-electron chi connectivity index (χ0n) is 9.50. The van der Waals surface area contributed by atoms with Crippen LogP contribution in [-0.4, -0.2) is 9.78 Å². The normalized spacial score (nSPS) is 11.8. The van der Waals surface area contributed by atoms with Gasteiger partial charge in [0.2, 0.25) is 0 Å². The number of hydrogen-bond acceptors (Lipinski definition) is 1. The Morgan fingerprint density at radius 3 is 2.50 bits per heavy atom. The Labute approximate surface area is 111 Å². The molecule has 0 saturated heterocycles. The molecule has 0 aliphatic carbocycles. The van der Waals surface area contributed by atoms with Crippen LogP contribution in [0.5, 0.6) is 0 Å². The van der Waals surface area contributed by atoms with Crippen LogP contribution in [0.1, 0.15) is 16.8 Å². The highest BCUT2D eigenvalue weighted by molar-refractivity contribution is 9.08. The molecule has 96 valence electrons. The smallest absolute Gasteiger partial charge is 0.240 e. The van der Waals surface area contributed by atoms with Crippen LogP contribution in [0.25, 0.3) is 5.69 Å². The van der Waals surface area contributed by atoms with E-state index in [-0.39, 0.29) is 0 Å². The van der Waals surface area contributed by atoms with Crippen LogP contribution in [0.2, 0.25) is 0 Å². The molecule has 0 fully saturated rings. The summed E-state index contributed by atoms with van der Waals surface area (Å²) in [5, 5.41) is 4.24. The van der Waals surface area contributed by atoms with Gasteiger partial charge >= 0.3 is 6.18 Å². The molecule has 0 radical (unpaired) electrons. The van der Waals surface area contributed by atoms with Gasteiger partial charge in [0.15, 0.2) is 5.69 Å². The quantitative estimate of drug-likeness (QED) is 0.762. The molecule has 18 heavy (non-hydrogen) atoms. The lowest BCUT2D eigenvalue weighted by atomic mass is 10.1. The first-order valence-electron chi connectivity index (χ1n) is 5.20. The zero-order valence-corrected chi connectivity index (χ0v) is 11.1. The molecule has 2 nitrogen and oxygen atoms in total. The van der Waals surface area contributed by atoms with E-state index in [9.17, 15) is 13.2 Å². The van der Waals surface area contributed by atoms with E-state index in [1.54, 1.807) is 6.07 Å². The van der Waals surface area contributed by atoms with Crippen molar-refractivity contribution >= 4 is 15.9 Å². The second kappa shape index (κ2) is 4.76. The number of nitrogens with zero attached hydrogens (tertiary/aromatic N) is 2. The van der Waals surface area contributed by atoms with E-state index < -0.39 is 11.9 Å². The van der Waals surface area contributed by atoms with Crippen LogP contribution >= 0.6 is 15.9 Å². The topological polar surface area (TPSA) is 17.8 Å². The lowest BCUT2D eigenvalue weighted by Crippen LogP contribution is -2.07. The third-order valence-electron chi connectivity index (χ3n) is 2.61. The van der Waals surface area contributed by atoms with E-state index in [1.165, 1.54) is 10.9 Å². The monoisotopic (exact) mass is 318 g/mol. The van der Waals surface area contributed by atoms with Crippen molar-refractivity contribution in [3.05, 3.63) is 47.3 Å². The lowest BCUT2D eigenvalue weighted by molar-refractivity contribution is -0.141. The van der Waals surface area contributed by atoms with Gasteiger partial charge in [-0.25, -0.2) is 4.68 Å². The zero-order chi connectivity index (χ0) is 13.3. The van der Waals surface area contributed by atoms with Crippen LogP contribution in [0.3, 0.4) is 0 Å². The van der Waals surface area contributed by atoms with Gasteiger partial charge in [0.25, 0.3) is 0 Å². The van der Waals surface area contributed by atoms with Gasteiger partial charge in [0, 0.05) is 11.5 Å². The summed E-state index contributed by atoms with van der Waals surface area (Å²) in [7, 11) is 0. The second-order valence-corrected chi connectivity index (χ2v) is 4.45. The van der Waals surface area contributed by atoms with Crippen LogP contribution in [0.15, 0.2) is 30.5 Å². The Bertz CT molecular complexity index is 561. The van der Waals surface area contributed by atoms with Crippen molar-refractivity contribution in [1.82, 2.24) is 9.78 Å². The summed E-state index contributed by atoms with van der Waals surface area (Å²) in [6.07, 6.45) is -3.10. The van der Waals surface area contributed by atoms with E-state index in [0.29, 0.717) is 11.0 Å². The number of rotatable bonds is 2. The number of aromatic nitrogens is 2. The highest BCUT2D eigenvalue weighted by Gasteiger charge is 2.33. The maximum atomic E-state index is 12.4. The Hall–Kier alpha value is -1.30. The predicted molar refractivity (Wildman–Crippen MR) is 65.9 cm³/mol. The first-order valence-corrected chi connectivity index (χ1v) is 6.32. The van der Waals surface area contributed by atoms with Gasteiger partial charge in [-0.1, -0.05) is 22.0 Å². The molecule has 0 bridgehead atoms. The maximum absolute atomic E-state index is 12.4. The molecule has 6 heteroatoms. The van der Waals surface area contributed by atoms with Gasteiger partial charge in [-0.3, -0.25) is 0 Å². The van der Waals surface area contributed by atoms with E-state index in [1.807, 2.05) is 19.1 Å². The molecule has 1 aromatic heterocycles. The van der Waals surface area contributed by atoms with Crippen molar-refractivity contribution in [2.75, 3.05) is 0 Å². The Balaban J connectivity index is 2.38. The molecule has 0 amide bonds. The van der Waals surface area contributed by atoms with Gasteiger partial charge < -0.3 is 0 Å². The Morgan fingerprint density at radius 1 is 1.28 bits per heavy atom. The van der Waals surface area contributed by atoms with Crippen molar-refractivity contribution in [2.24, 2.45) is 0 Å². The van der Waals surface area contributed by atoms with E-state index in [0.717, 1.165) is 17.2 Å². The molecular formula is C12H10BrF3N2. The number of aryl methyl sites for hydroxylation is 1. The largest absolute Gasteiger partial charge is 0.435 e. The van der Waals surface area contributed by atoms with Crippen LogP contribution in [0.4, 0.5) is 13.2 Å².